The van der Waals surface area contributed by atoms with Crippen LogP contribution < -0.4 is 0 Å². The normalized spacial score (nSPS) is 6.75. The van der Waals surface area contributed by atoms with Crippen LogP contribution in [0.4, 0.5) is 0 Å². The maximum atomic E-state index is 3.00. The van der Waals surface area contributed by atoms with Crippen LogP contribution in [0.1, 0.15) is 12.5 Å². The lowest BCUT2D eigenvalue weighted by Crippen LogP contribution is -1.73. The van der Waals surface area contributed by atoms with E-state index in [1.54, 1.807) is 0 Å². The molecule has 0 heteroatoms. The lowest BCUT2D eigenvalue weighted by Gasteiger charge is -1.89. The molecule has 0 aliphatic carbocycles. The molecule has 0 saturated carbocycles. The highest BCUT2D eigenvalue weighted by Crippen LogP contribution is 1.96. The van der Waals surface area contributed by atoms with E-state index in [1.165, 1.54) is 5.56 Å². The summed E-state index contributed by atoms with van der Waals surface area (Å²) in [5.74, 6) is 0. The van der Waals surface area contributed by atoms with Gasteiger partial charge in [-0.1, -0.05) is 37.3 Å². The predicted octanol–water partition coefficient (Wildman–Crippen LogP) is 3.85. The van der Waals surface area contributed by atoms with E-state index >= 15 is 0 Å². The zero-order chi connectivity index (χ0) is 9.82. The van der Waals surface area contributed by atoms with E-state index in [1.807, 2.05) is 6.07 Å². The van der Waals surface area contributed by atoms with E-state index in [2.05, 4.69) is 57.5 Å². The maximum absolute atomic E-state index is 3.00. The van der Waals surface area contributed by atoms with Crippen molar-refractivity contribution >= 4 is 0 Å². The molecule has 12 heavy (non-hydrogen) atoms. The second kappa shape index (κ2) is 12.4. The van der Waals surface area contributed by atoms with Crippen molar-refractivity contribution in [3.63, 3.8) is 0 Å². The van der Waals surface area contributed by atoms with Crippen LogP contribution in [-0.4, -0.2) is 0 Å². The van der Waals surface area contributed by atoms with Crippen LogP contribution in [0.5, 0.6) is 0 Å². The molecule has 1 aromatic carbocycles. The van der Waals surface area contributed by atoms with Crippen molar-refractivity contribution in [3.8, 4) is 0 Å². The van der Waals surface area contributed by atoms with E-state index in [0.717, 1.165) is 6.42 Å². The topological polar surface area (TPSA) is 0 Å². The minimum absolute atomic E-state index is 1.14. The van der Waals surface area contributed by atoms with Gasteiger partial charge in [-0.25, -0.2) is 0 Å². The van der Waals surface area contributed by atoms with Gasteiger partial charge in [-0.3, -0.25) is 0 Å². The van der Waals surface area contributed by atoms with Gasteiger partial charge in [0.05, 0.1) is 0 Å². The Kier molecular flexibility index (Phi) is 13.7. The fourth-order valence-corrected chi connectivity index (χ4v) is 0.714. The van der Waals surface area contributed by atoms with Gasteiger partial charge in [0, 0.05) is 0 Å². The molecule has 0 aromatic heterocycles. The van der Waals surface area contributed by atoms with Crippen LogP contribution in [0.25, 0.3) is 0 Å². The molecular formula is C12H18. The van der Waals surface area contributed by atoms with Gasteiger partial charge < -0.3 is 0 Å². The van der Waals surface area contributed by atoms with Gasteiger partial charge in [0.2, 0.25) is 0 Å². The lowest BCUT2D eigenvalue weighted by atomic mass is 10.2. The Morgan fingerprint density at radius 2 is 1.33 bits per heavy atom. The zero-order valence-electron chi connectivity index (χ0n) is 7.92. The van der Waals surface area contributed by atoms with Crippen LogP contribution in [0, 0.1) is 0 Å². The summed E-state index contributed by atoms with van der Waals surface area (Å²) < 4.78 is 0. The molecule has 1 rings (SSSR count). The molecule has 0 amide bonds. The fraction of sp³-hybridized carbons (Fsp3) is 0.167. The molecule has 0 atom stereocenters. The molecule has 0 saturated heterocycles. The average Bonchev–Trinajstić information content (AvgIpc) is 2.25. The van der Waals surface area contributed by atoms with Crippen LogP contribution in [0.15, 0.2) is 56.6 Å². The van der Waals surface area contributed by atoms with E-state index in [0.29, 0.717) is 0 Å². The first-order valence-electron chi connectivity index (χ1n) is 3.97. The maximum Gasteiger partial charge on any atom is -0.0307 e. The third-order valence-electron chi connectivity index (χ3n) is 1.25. The quantitative estimate of drug-likeness (QED) is 0.550. The highest BCUT2D eigenvalue weighted by Gasteiger charge is 1.79. The Morgan fingerprint density at radius 1 is 0.917 bits per heavy atom. The van der Waals surface area contributed by atoms with E-state index in [-0.39, 0.29) is 0 Å². The van der Waals surface area contributed by atoms with Crippen LogP contribution in [-0.2, 0) is 6.42 Å². The smallest absolute Gasteiger partial charge is 0.0307 e. The van der Waals surface area contributed by atoms with Gasteiger partial charge in [-0.15, -0.1) is 26.3 Å². The molecule has 0 nitrogen and oxygen atoms in total. The molecule has 0 aliphatic rings. The van der Waals surface area contributed by atoms with Crippen molar-refractivity contribution in [2.75, 3.05) is 0 Å². The van der Waals surface area contributed by atoms with Crippen LogP contribution >= 0.6 is 0 Å². The molecule has 0 heterocycles. The number of benzene rings is 1. The SMILES string of the molecule is C=C.C=C.CCc1ccccc1. The number of hydrogen-bond donors (Lipinski definition) is 0. The van der Waals surface area contributed by atoms with Crippen molar-refractivity contribution in [3.05, 3.63) is 62.2 Å². The van der Waals surface area contributed by atoms with E-state index in [4.69, 9.17) is 0 Å². The summed E-state index contributed by atoms with van der Waals surface area (Å²) in [4.78, 5) is 0. The Balaban J connectivity index is 0. The molecule has 0 spiro atoms. The molecule has 0 bridgehead atoms. The number of rotatable bonds is 1. The standard InChI is InChI=1S/C8H10.2C2H4/c1-2-8-6-4-3-5-7-8;2*1-2/h3-7H,2H2,1H3;2*1-2H2. The lowest BCUT2D eigenvalue weighted by molar-refractivity contribution is 1.14. The van der Waals surface area contributed by atoms with Gasteiger partial charge in [-0.2, -0.15) is 0 Å². The van der Waals surface area contributed by atoms with Gasteiger partial charge in [0.15, 0.2) is 0 Å². The van der Waals surface area contributed by atoms with E-state index in [9.17, 15) is 0 Å². The predicted molar refractivity (Wildman–Crippen MR) is 58.3 cm³/mol. The summed E-state index contributed by atoms with van der Waals surface area (Å²) in [7, 11) is 0. The fourth-order valence-electron chi connectivity index (χ4n) is 0.714. The zero-order valence-corrected chi connectivity index (χ0v) is 7.92. The molecule has 66 valence electrons. The molecule has 0 unspecified atom stereocenters. The minimum Gasteiger partial charge on any atom is -0.106 e. The molecule has 0 radical (unpaired) electrons. The second-order valence-electron chi connectivity index (χ2n) is 1.84. The van der Waals surface area contributed by atoms with Gasteiger partial charge >= 0.3 is 0 Å². The first-order valence-corrected chi connectivity index (χ1v) is 3.97. The summed E-state index contributed by atoms with van der Waals surface area (Å²) in [5.41, 5.74) is 1.41. The van der Waals surface area contributed by atoms with Crippen molar-refractivity contribution in [1.29, 1.82) is 0 Å². The van der Waals surface area contributed by atoms with E-state index < -0.39 is 0 Å². The summed E-state index contributed by atoms with van der Waals surface area (Å²) in [6.45, 7) is 14.2. The Labute approximate surface area is 76.3 Å². The van der Waals surface area contributed by atoms with Crippen molar-refractivity contribution in [1.82, 2.24) is 0 Å². The van der Waals surface area contributed by atoms with Crippen LogP contribution in [0.2, 0.25) is 0 Å². The largest absolute Gasteiger partial charge is 0.106 e. The highest BCUT2D eigenvalue weighted by atomic mass is 13.9. The molecule has 0 aliphatic heterocycles. The summed E-state index contributed by atoms with van der Waals surface area (Å²) in [6, 6.07) is 10.5. The number of hydrogen-bond acceptors (Lipinski definition) is 0. The second-order valence-corrected chi connectivity index (χ2v) is 1.84. The Morgan fingerprint density at radius 3 is 1.58 bits per heavy atom. The van der Waals surface area contributed by atoms with Crippen molar-refractivity contribution < 1.29 is 0 Å². The third-order valence-corrected chi connectivity index (χ3v) is 1.25. The molecular weight excluding hydrogens is 144 g/mol. The first kappa shape index (κ1) is 13.3. The van der Waals surface area contributed by atoms with Gasteiger partial charge in [0.25, 0.3) is 0 Å². The van der Waals surface area contributed by atoms with Crippen molar-refractivity contribution in [2.45, 2.75) is 13.3 Å². The summed E-state index contributed by atoms with van der Waals surface area (Å²) in [5, 5.41) is 0. The summed E-state index contributed by atoms with van der Waals surface area (Å²) >= 11 is 0. The summed E-state index contributed by atoms with van der Waals surface area (Å²) in [6.07, 6.45) is 1.14. The number of aryl methyl sites for hydroxylation is 1. The average molecular weight is 162 g/mol. The molecule has 0 fully saturated rings. The molecule has 0 N–H and O–H groups in total. The monoisotopic (exact) mass is 162 g/mol. The Hall–Kier alpha value is -1.30. The minimum atomic E-state index is 1.14. The molecule has 1 aromatic rings. The van der Waals surface area contributed by atoms with Gasteiger partial charge in [0.1, 0.15) is 0 Å². The Bertz CT molecular complexity index is 163. The third kappa shape index (κ3) is 6.81. The highest BCUT2D eigenvalue weighted by molar-refractivity contribution is 5.13. The first-order chi connectivity index (χ1) is 5.93. The van der Waals surface area contributed by atoms with Crippen LogP contribution in [0.3, 0.4) is 0 Å². The van der Waals surface area contributed by atoms with Gasteiger partial charge in [-0.05, 0) is 12.0 Å². The van der Waals surface area contributed by atoms with Crippen molar-refractivity contribution in [2.24, 2.45) is 0 Å².